The Morgan fingerprint density at radius 2 is 1.71 bits per heavy atom. The van der Waals surface area contributed by atoms with E-state index in [0.29, 0.717) is 11.3 Å². The van der Waals surface area contributed by atoms with E-state index < -0.39 is 0 Å². The molecule has 14 heavy (non-hydrogen) atoms. The molecule has 0 rings (SSSR count). The molecule has 0 aromatic heterocycles. The molecule has 0 spiro atoms. The lowest BCUT2D eigenvalue weighted by molar-refractivity contribution is 0.268. The summed E-state index contributed by atoms with van der Waals surface area (Å²) in [7, 11) is 0. The van der Waals surface area contributed by atoms with E-state index in [1.165, 1.54) is 19.3 Å². The first-order chi connectivity index (χ1) is 6.37. The van der Waals surface area contributed by atoms with Gasteiger partial charge in [0, 0.05) is 0 Å². The zero-order valence-electron chi connectivity index (χ0n) is 10.9. The molecule has 0 aromatic carbocycles. The highest BCUT2D eigenvalue weighted by Crippen LogP contribution is 2.30. The molecule has 0 aliphatic carbocycles. The summed E-state index contributed by atoms with van der Waals surface area (Å²) in [5.74, 6) is 1.52. The SMILES string of the molecule is CCC(C)(C)CC(C)CC=CC(C)C. The van der Waals surface area contributed by atoms with Crippen molar-refractivity contribution >= 4 is 0 Å². The second-order valence-corrected chi connectivity index (χ2v) is 5.73. The third-order valence-corrected chi connectivity index (χ3v) is 2.92. The van der Waals surface area contributed by atoms with E-state index in [2.05, 4.69) is 53.7 Å². The minimum absolute atomic E-state index is 0.519. The summed E-state index contributed by atoms with van der Waals surface area (Å²) in [5.41, 5.74) is 0.519. The van der Waals surface area contributed by atoms with Crippen LogP contribution in [0, 0.1) is 17.3 Å². The molecular weight excluding hydrogens is 168 g/mol. The van der Waals surface area contributed by atoms with Crippen molar-refractivity contribution in [3.63, 3.8) is 0 Å². The monoisotopic (exact) mass is 196 g/mol. The van der Waals surface area contributed by atoms with Crippen LogP contribution in [-0.4, -0.2) is 0 Å². The third kappa shape index (κ3) is 7.17. The summed E-state index contributed by atoms with van der Waals surface area (Å²) < 4.78 is 0. The zero-order chi connectivity index (χ0) is 11.2. The summed E-state index contributed by atoms with van der Waals surface area (Å²) in [6.45, 7) is 13.9. The van der Waals surface area contributed by atoms with Crippen LogP contribution >= 0.6 is 0 Å². The molecule has 0 fully saturated rings. The fourth-order valence-corrected chi connectivity index (χ4v) is 1.75. The van der Waals surface area contributed by atoms with Crippen LogP contribution in [0.2, 0.25) is 0 Å². The minimum atomic E-state index is 0.519. The third-order valence-electron chi connectivity index (χ3n) is 2.92. The first-order valence-corrected chi connectivity index (χ1v) is 6.04. The molecular formula is C14H28. The van der Waals surface area contributed by atoms with Crippen molar-refractivity contribution in [1.29, 1.82) is 0 Å². The molecule has 0 aliphatic rings. The molecule has 0 bridgehead atoms. The first kappa shape index (κ1) is 13.7. The Morgan fingerprint density at radius 1 is 1.14 bits per heavy atom. The van der Waals surface area contributed by atoms with Crippen LogP contribution in [0.5, 0.6) is 0 Å². The Bertz CT molecular complexity index is 163. The minimum Gasteiger partial charge on any atom is -0.0880 e. The predicted molar refractivity (Wildman–Crippen MR) is 66.4 cm³/mol. The van der Waals surface area contributed by atoms with E-state index in [0.717, 1.165) is 5.92 Å². The van der Waals surface area contributed by atoms with Crippen molar-refractivity contribution in [3.8, 4) is 0 Å². The van der Waals surface area contributed by atoms with Gasteiger partial charge in [0.05, 0.1) is 0 Å². The van der Waals surface area contributed by atoms with Crippen LogP contribution in [0.3, 0.4) is 0 Å². The van der Waals surface area contributed by atoms with E-state index in [1.807, 2.05) is 0 Å². The molecule has 0 aliphatic heterocycles. The molecule has 1 unspecified atom stereocenters. The van der Waals surface area contributed by atoms with Gasteiger partial charge < -0.3 is 0 Å². The Balaban J connectivity index is 3.81. The van der Waals surface area contributed by atoms with Gasteiger partial charge in [0.1, 0.15) is 0 Å². The maximum absolute atomic E-state index is 2.37. The van der Waals surface area contributed by atoms with Crippen molar-refractivity contribution in [2.45, 2.75) is 60.8 Å². The smallest absolute Gasteiger partial charge is 0.0290 e. The fraction of sp³-hybridized carbons (Fsp3) is 0.857. The molecule has 0 heterocycles. The summed E-state index contributed by atoms with van der Waals surface area (Å²) in [6, 6.07) is 0. The van der Waals surface area contributed by atoms with Gasteiger partial charge in [0.25, 0.3) is 0 Å². The predicted octanol–water partition coefficient (Wildman–Crippen LogP) is 5.05. The molecule has 0 heteroatoms. The van der Waals surface area contributed by atoms with Crippen molar-refractivity contribution in [2.75, 3.05) is 0 Å². The van der Waals surface area contributed by atoms with Crippen molar-refractivity contribution < 1.29 is 0 Å². The number of allylic oxidation sites excluding steroid dienone is 2. The molecule has 0 nitrogen and oxygen atoms in total. The van der Waals surface area contributed by atoms with Gasteiger partial charge in [0.2, 0.25) is 0 Å². The van der Waals surface area contributed by atoms with E-state index in [1.54, 1.807) is 0 Å². The Hall–Kier alpha value is -0.260. The van der Waals surface area contributed by atoms with Crippen LogP contribution in [0.4, 0.5) is 0 Å². The maximum atomic E-state index is 2.37. The van der Waals surface area contributed by atoms with E-state index in [9.17, 15) is 0 Å². The van der Waals surface area contributed by atoms with Crippen LogP contribution in [-0.2, 0) is 0 Å². The molecule has 1 atom stereocenters. The number of hydrogen-bond acceptors (Lipinski definition) is 0. The first-order valence-electron chi connectivity index (χ1n) is 6.04. The average Bonchev–Trinajstić information content (AvgIpc) is 2.02. The lowest BCUT2D eigenvalue weighted by Gasteiger charge is -2.26. The Labute approximate surface area is 90.8 Å². The maximum Gasteiger partial charge on any atom is -0.0290 e. The van der Waals surface area contributed by atoms with Gasteiger partial charge in [-0.1, -0.05) is 60.1 Å². The molecule has 0 saturated carbocycles. The second kappa shape index (κ2) is 6.27. The largest absolute Gasteiger partial charge is 0.0880 e. The summed E-state index contributed by atoms with van der Waals surface area (Å²) in [5, 5.41) is 0. The number of rotatable bonds is 6. The highest BCUT2D eigenvalue weighted by atomic mass is 14.2. The fourth-order valence-electron chi connectivity index (χ4n) is 1.75. The van der Waals surface area contributed by atoms with Gasteiger partial charge in [-0.2, -0.15) is 0 Å². The van der Waals surface area contributed by atoms with Crippen molar-refractivity contribution in [1.82, 2.24) is 0 Å². The van der Waals surface area contributed by atoms with Crippen molar-refractivity contribution in [3.05, 3.63) is 12.2 Å². The molecule has 0 amide bonds. The van der Waals surface area contributed by atoms with E-state index in [-0.39, 0.29) is 0 Å². The average molecular weight is 196 g/mol. The molecule has 0 N–H and O–H groups in total. The Morgan fingerprint density at radius 3 is 2.14 bits per heavy atom. The van der Waals surface area contributed by atoms with E-state index in [4.69, 9.17) is 0 Å². The number of hydrogen-bond donors (Lipinski definition) is 0. The molecule has 0 aromatic rings. The standard InChI is InChI=1S/C14H28/c1-7-14(5,6)11-13(4)10-8-9-12(2)3/h8-9,12-13H,7,10-11H2,1-6H3. The van der Waals surface area contributed by atoms with Gasteiger partial charge >= 0.3 is 0 Å². The highest BCUT2D eigenvalue weighted by Gasteiger charge is 2.17. The molecule has 84 valence electrons. The second-order valence-electron chi connectivity index (χ2n) is 5.73. The molecule has 0 saturated heterocycles. The topological polar surface area (TPSA) is 0 Å². The summed E-state index contributed by atoms with van der Waals surface area (Å²) in [4.78, 5) is 0. The van der Waals surface area contributed by atoms with Gasteiger partial charge in [-0.15, -0.1) is 0 Å². The Kier molecular flexibility index (Phi) is 6.15. The van der Waals surface area contributed by atoms with Gasteiger partial charge in [-0.25, -0.2) is 0 Å². The van der Waals surface area contributed by atoms with Gasteiger partial charge in [-0.05, 0) is 30.1 Å². The molecule has 0 radical (unpaired) electrons. The quantitative estimate of drug-likeness (QED) is 0.521. The van der Waals surface area contributed by atoms with Crippen molar-refractivity contribution in [2.24, 2.45) is 17.3 Å². The summed E-state index contributed by atoms with van der Waals surface area (Å²) >= 11 is 0. The van der Waals surface area contributed by atoms with Gasteiger partial charge in [0.15, 0.2) is 0 Å². The highest BCUT2D eigenvalue weighted by molar-refractivity contribution is 4.86. The normalized spacial score (nSPS) is 15.4. The van der Waals surface area contributed by atoms with Crippen LogP contribution in [0.1, 0.15) is 60.8 Å². The van der Waals surface area contributed by atoms with Crippen LogP contribution < -0.4 is 0 Å². The zero-order valence-corrected chi connectivity index (χ0v) is 10.9. The van der Waals surface area contributed by atoms with Gasteiger partial charge in [-0.3, -0.25) is 0 Å². The lowest BCUT2D eigenvalue weighted by atomic mass is 9.80. The van der Waals surface area contributed by atoms with Crippen LogP contribution in [0.15, 0.2) is 12.2 Å². The lowest BCUT2D eigenvalue weighted by Crippen LogP contribution is -2.13. The van der Waals surface area contributed by atoms with E-state index >= 15 is 0 Å². The van der Waals surface area contributed by atoms with Crippen LogP contribution in [0.25, 0.3) is 0 Å². The summed E-state index contributed by atoms with van der Waals surface area (Å²) in [6.07, 6.45) is 8.52.